The number of halogens is 2. The molecule has 8 nitrogen and oxygen atoms in total. The molecule has 0 saturated carbocycles. The number of carbonyl (C=O) groups excluding carboxylic acids is 3. The summed E-state index contributed by atoms with van der Waals surface area (Å²) in [7, 11) is 0. The molecule has 0 radical (unpaired) electrons. The summed E-state index contributed by atoms with van der Waals surface area (Å²) in [6.45, 7) is 1.92. The lowest BCUT2D eigenvalue weighted by Gasteiger charge is -2.08. The topological polar surface area (TPSA) is 105 Å². The second-order valence-electron chi connectivity index (χ2n) is 6.10. The second kappa shape index (κ2) is 8.70. The lowest BCUT2D eigenvalue weighted by molar-refractivity contribution is -0.136. The fourth-order valence-electron chi connectivity index (χ4n) is 2.62. The average molecular weight is 418 g/mol. The summed E-state index contributed by atoms with van der Waals surface area (Å²) < 4.78 is 15.0. The van der Waals surface area contributed by atoms with Gasteiger partial charge in [0.2, 0.25) is 0 Å². The molecule has 0 aliphatic heterocycles. The van der Waals surface area contributed by atoms with E-state index in [4.69, 9.17) is 11.6 Å². The number of pyridine rings is 1. The summed E-state index contributed by atoms with van der Waals surface area (Å²) in [4.78, 5) is 35.9. The molecular weight excluding hydrogens is 401 g/mol. The maximum Gasteiger partial charge on any atom is 0.313 e. The second-order valence-corrected chi connectivity index (χ2v) is 6.51. The molecule has 0 aliphatic rings. The summed E-state index contributed by atoms with van der Waals surface area (Å²) in [5.41, 5.74) is 1.94. The van der Waals surface area contributed by atoms with Gasteiger partial charge >= 0.3 is 11.8 Å². The lowest BCUT2D eigenvalue weighted by atomic mass is 10.2. The van der Waals surface area contributed by atoms with Crippen molar-refractivity contribution < 1.29 is 18.8 Å². The fourth-order valence-corrected chi connectivity index (χ4v) is 2.73. The van der Waals surface area contributed by atoms with Gasteiger partial charge in [-0.05, 0) is 37.3 Å². The van der Waals surface area contributed by atoms with Crippen molar-refractivity contribution in [3.8, 4) is 0 Å². The molecular formula is C19H17ClFN5O3. The van der Waals surface area contributed by atoms with E-state index in [9.17, 15) is 18.8 Å². The van der Waals surface area contributed by atoms with Crippen molar-refractivity contribution in [2.75, 3.05) is 18.4 Å². The molecule has 3 amide bonds. The predicted octanol–water partition coefficient (Wildman–Crippen LogP) is 1.92. The Hall–Kier alpha value is -3.46. The number of carbonyl (C=O) groups is 3. The van der Waals surface area contributed by atoms with Gasteiger partial charge in [0.25, 0.3) is 5.91 Å². The smallest absolute Gasteiger partial charge is 0.313 e. The Kier molecular flexibility index (Phi) is 6.08. The first-order valence-electron chi connectivity index (χ1n) is 8.63. The summed E-state index contributed by atoms with van der Waals surface area (Å²) in [6.07, 6.45) is 1.74. The van der Waals surface area contributed by atoms with E-state index in [1.54, 1.807) is 23.7 Å². The molecule has 3 N–H and O–H groups in total. The van der Waals surface area contributed by atoms with Crippen molar-refractivity contribution in [2.45, 2.75) is 6.92 Å². The van der Waals surface area contributed by atoms with Crippen LogP contribution in [0.5, 0.6) is 0 Å². The van der Waals surface area contributed by atoms with E-state index in [1.165, 1.54) is 12.1 Å². The third-order valence-corrected chi connectivity index (χ3v) is 4.39. The van der Waals surface area contributed by atoms with E-state index in [0.29, 0.717) is 0 Å². The molecule has 0 fully saturated rings. The maximum absolute atomic E-state index is 13.4. The molecule has 29 heavy (non-hydrogen) atoms. The number of nitrogens with zero attached hydrogens (tertiary/aromatic N) is 2. The van der Waals surface area contributed by atoms with E-state index in [0.717, 1.165) is 17.1 Å². The summed E-state index contributed by atoms with van der Waals surface area (Å²) in [5, 5.41) is 11.4. The summed E-state index contributed by atoms with van der Waals surface area (Å²) >= 11 is 5.56. The highest BCUT2D eigenvalue weighted by Crippen LogP contribution is 2.18. The zero-order chi connectivity index (χ0) is 21.0. The lowest BCUT2D eigenvalue weighted by Crippen LogP contribution is -2.40. The van der Waals surface area contributed by atoms with Crippen LogP contribution < -0.4 is 16.0 Å². The highest BCUT2D eigenvalue weighted by molar-refractivity contribution is 6.39. The molecule has 150 valence electrons. The molecule has 0 saturated heterocycles. The summed E-state index contributed by atoms with van der Waals surface area (Å²) in [5.74, 6) is -2.98. The Bertz CT molecular complexity index is 1100. The summed E-state index contributed by atoms with van der Waals surface area (Å²) in [6, 6.07) is 9.15. The van der Waals surface area contributed by atoms with Gasteiger partial charge in [0, 0.05) is 30.5 Å². The van der Waals surface area contributed by atoms with Crippen LogP contribution in [-0.2, 0) is 9.59 Å². The zero-order valence-electron chi connectivity index (χ0n) is 15.3. The third-order valence-electron chi connectivity index (χ3n) is 4.08. The van der Waals surface area contributed by atoms with Crippen LogP contribution in [0.4, 0.5) is 10.1 Å². The maximum atomic E-state index is 13.4. The number of hydrogen-bond donors (Lipinski definition) is 3. The Morgan fingerprint density at radius 2 is 1.86 bits per heavy atom. The highest BCUT2D eigenvalue weighted by atomic mass is 35.5. The number of aryl methyl sites for hydroxylation is 1. The molecule has 0 atom stereocenters. The van der Waals surface area contributed by atoms with Crippen LogP contribution in [0.25, 0.3) is 5.52 Å². The number of rotatable bonds is 5. The number of aromatic nitrogens is 2. The molecule has 3 aromatic rings. The first-order valence-corrected chi connectivity index (χ1v) is 9.01. The number of nitrogens with one attached hydrogen (secondary N) is 3. The van der Waals surface area contributed by atoms with Gasteiger partial charge in [-0.15, -0.1) is 0 Å². The van der Waals surface area contributed by atoms with E-state index in [2.05, 4.69) is 21.0 Å². The van der Waals surface area contributed by atoms with Gasteiger partial charge in [-0.25, -0.2) is 8.91 Å². The van der Waals surface area contributed by atoms with Crippen LogP contribution in [0.2, 0.25) is 5.02 Å². The van der Waals surface area contributed by atoms with Crippen molar-refractivity contribution in [1.29, 1.82) is 0 Å². The van der Waals surface area contributed by atoms with E-state index in [1.807, 2.05) is 12.1 Å². The minimum Gasteiger partial charge on any atom is -0.349 e. The van der Waals surface area contributed by atoms with Crippen LogP contribution in [0.15, 0.2) is 42.6 Å². The van der Waals surface area contributed by atoms with Gasteiger partial charge in [0.15, 0.2) is 5.69 Å². The van der Waals surface area contributed by atoms with Crippen LogP contribution in [0, 0.1) is 12.7 Å². The number of fused-ring (bicyclic) bond motifs is 1. The number of anilines is 1. The van der Waals surface area contributed by atoms with Crippen LogP contribution >= 0.6 is 11.6 Å². The van der Waals surface area contributed by atoms with Crippen LogP contribution in [0.3, 0.4) is 0 Å². The third kappa shape index (κ3) is 4.69. The average Bonchev–Trinajstić information content (AvgIpc) is 3.04. The van der Waals surface area contributed by atoms with Gasteiger partial charge in [0.05, 0.1) is 10.5 Å². The fraction of sp³-hybridized carbons (Fsp3) is 0.158. The molecule has 0 spiro atoms. The molecule has 0 bridgehead atoms. The van der Waals surface area contributed by atoms with E-state index < -0.39 is 17.6 Å². The Morgan fingerprint density at radius 3 is 2.59 bits per heavy atom. The SMILES string of the molecule is Cc1c(C(=O)NCCNC(=O)C(=O)Nc2ccc(Cl)c(F)c2)nn2ccccc12. The van der Waals surface area contributed by atoms with Gasteiger partial charge in [-0.2, -0.15) is 5.10 Å². The number of amides is 3. The molecule has 3 rings (SSSR count). The Balaban J connectivity index is 1.47. The van der Waals surface area contributed by atoms with Crippen molar-refractivity contribution in [3.63, 3.8) is 0 Å². The van der Waals surface area contributed by atoms with Crippen LogP contribution in [-0.4, -0.2) is 40.4 Å². The molecule has 10 heteroatoms. The van der Waals surface area contributed by atoms with Crippen molar-refractivity contribution in [2.24, 2.45) is 0 Å². The quantitative estimate of drug-likeness (QED) is 0.435. The van der Waals surface area contributed by atoms with Crippen LogP contribution in [0.1, 0.15) is 16.1 Å². The zero-order valence-corrected chi connectivity index (χ0v) is 16.1. The van der Waals surface area contributed by atoms with Gasteiger partial charge < -0.3 is 16.0 Å². The minimum atomic E-state index is -0.964. The monoisotopic (exact) mass is 417 g/mol. The van der Waals surface area contributed by atoms with Crippen molar-refractivity contribution in [3.05, 3.63) is 64.7 Å². The first kappa shape index (κ1) is 20.3. The predicted molar refractivity (Wildman–Crippen MR) is 105 cm³/mol. The number of hydrogen-bond acceptors (Lipinski definition) is 4. The number of benzene rings is 1. The van der Waals surface area contributed by atoms with Gasteiger partial charge in [-0.3, -0.25) is 14.4 Å². The molecule has 2 aromatic heterocycles. The molecule has 0 unspecified atom stereocenters. The Labute approximate surface area is 170 Å². The van der Waals surface area contributed by atoms with E-state index in [-0.39, 0.29) is 35.4 Å². The van der Waals surface area contributed by atoms with Gasteiger partial charge in [0.1, 0.15) is 5.82 Å². The Morgan fingerprint density at radius 1 is 1.10 bits per heavy atom. The van der Waals surface area contributed by atoms with Crippen molar-refractivity contribution in [1.82, 2.24) is 20.2 Å². The van der Waals surface area contributed by atoms with Crippen molar-refractivity contribution >= 4 is 40.5 Å². The highest BCUT2D eigenvalue weighted by Gasteiger charge is 2.17. The largest absolute Gasteiger partial charge is 0.349 e. The normalized spacial score (nSPS) is 10.6. The van der Waals surface area contributed by atoms with Gasteiger partial charge in [-0.1, -0.05) is 17.7 Å². The standard InChI is InChI=1S/C19H17ClFN5O3/c1-11-15-4-2-3-9-26(15)25-16(11)17(27)22-7-8-23-18(28)19(29)24-12-5-6-13(20)14(21)10-12/h2-6,9-10H,7-8H2,1H3,(H,22,27)(H,23,28)(H,24,29). The molecule has 2 heterocycles. The minimum absolute atomic E-state index is 0.0272. The first-order chi connectivity index (χ1) is 13.9. The van der Waals surface area contributed by atoms with E-state index >= 15 is 0 Å². The molecule has 0 aliphatic carbocycles. The molecule has 1 aromatic carbocycles.